The normalized spacial score (nSPS) is 11.2. The van der Waals surface area contributed by atoms with E-state index in [1.807, 2.05) is 6.92 Å². The molecule has 0 aliphatic heterocycles. The van der Waals surface area contributed by atoms with Crippen LogP contribution in [0.25, 0.3) is 0 Å². The Bertz CT molecular complexity index is 988. The zero-order valence-corrected chi connectivity index (χ0v) is 19.2. The van der Waals surface area contributed by atoms with E-state index in [9.17, 15) is 19.2 Å². The lowest BCUT2D eigenvalue weighted by Crippen LogP contribution is -2.46. The number of Topliss-reactive ketones (excluding diaryl/α,β-unsaturated/α-hetero) is 2. The molecule has 2 aromatic rings. The molecule has 0 bridgehead atoms. The Balaban J connectivity index is 1.78. The molecule has 33 heavy (non-hydrogen) atoms. The molecule has 0 fully saturated rings. The van der Waals surface area contributed by atoms with E-state index in [0.29, 0.717) is 29.0 Å². The zero-order valence-electron chi connectivity index (χ0n) is 19.2. The van der Waals surface area contributed by atoms with Crippen LogP contribution >= 0.6 is 0 Å². The molecule has 0 aliphatic rings. The Labute approximate surface area is 193 Å². The van der Waals surface area contributed by atoms with E-state index in [2.05, 4.69) is 10.6 Å². The van der Waals surface area contributed by atoms with Crippen LogP contribution in [0.5, 0.6) is 11.5 Å². The summed E-state index contributed by atoms with van der Waals surface area (Å²) in [5.74, 6) is 0.0355. The summed E-state index contributed by atoms with van der Waals surface area (Å²) in [4.78, 5) is 47.4. The highest BCUT2D eigenvalue weighted by Crippen LogP contribution is 2.14. The van der Waals surface area contributed by atoms with Crippen molar-refractivity contribution in [2.45, 2.75) is 39.7 Å². The first-order chi connectivity index (χ1) is 15.8. The highest BCUT2D eigenvalue weighted by molar-refractivity contribution is 5.94. The van der Waals surface area contributed by atoms with Gasteiger partial charge in [-0.1, -0.05) is 37.6 Å². The van der Waals surface area contributed by atoms with E-state index < -0.39 is 0 Å². The number of hydrogen-bond acceptors (Lipinski definition) is 6. The predicted molar refractivity (Wildman–Crippen MR) is 124 cm³/mol. The fraction of sp³-hybridized carbons (Fsp3) is 0.360. The first kappa shape index (κ1) is 25.6. The molecule has 176 valence electrons. The Morgan fingerprint density at radius 3 is 1.82 bits per heavy atom. The molecule has 1 unspecified atom stereocenters. The number of benzene rings is 2. The van der Waals surface area contributed by atoms with Crippen LogP contribution in [-0.4, -0.2) is 49.2 Å². The van der Waals surface area contributed by atoms with Crippen molar-refractivity contribution in [3.8, 4) is 11.5 Å². The highest BCUT2D eigenvalue weighted by atomic mass is 16.5. The first-order valence-corrected chi connectivity index (χ1v) is 10.8. The molecule has 0 heterocycles. The number of carbonyl (C=O) groups is 4. The van der Waals surface area contributed by atoms with Gasteiger partial charge in [0.1, 0.15) is 11.5 Å². The van der Waals surface area contributed by atoms with E-state index in [-0.39, 0.29) is 49.2 Å². The van der Waals surface area contributed by atoms with E-state index in [1.54, 1.807) is 48.5 Å². The summed E-state index contributed by atoms with van der Waals surface area (Å²) >= 11 is 0. The van der Waals surface area contributed by atoms with Crippen LogP contribution in [0.3, 0.4) is 0 Å². The second-order valence-electron chi connectivity index (χ2n) is 7.60. The van der Waals surface area contributed by atoms with E-state index >= 15 is 0 Å². The highest BCUT2D eigenvalue weighted by Gasteiger charge is 2.14. The van der Waals surface area contributed by atoms with Crippen LogP contribution in [0.2, 0.25) is 0 Å². The summed E-state index contributed by atoms with van der Waals surface area (Å²) in [5.41, 5.74) is 1.02. The van der Waals surface area contributed by atoms with Gasteiger partial charge >= 0.3 is 0 Å². The first-order valence-electron chi connectivity index (χ1n) is 10.8. The fourth-order valence-electron chi connectivity index (χ4n) is 3.04. The summed E-state index contributed by atoms with van der Waals surface area (Å²) in [7, 11) is 0. The van der Waals surface area contributed by atoms with Crippen molar-refractivity contribution in [2.24, 2.45) is 0 Å². The summed E-state index contributed by atoms with van der Waals surface area (Å²) in [6, 6.07) is 13.0. The monoisotopic (exact) mass is 454 g/mol. The average molecular weight is 455 g/mol. The maximum absolute atomic E-state index is 12.3. The summed E-state index contributed by atoms with van der Waals surface area (Å²) < 4.78 is 10.9. The molecule has 0 aliphatic carbocycles. The van der Waals surface area contributed by atoms with Gasteiger partial charge in [0.2, 0.25) is 0 Å². The fourth-order valence-corrected chi connectivity index (χ4v) is 3.04. The van der Waals surface area contributed by atoms with Gasteiger partial charge in [0.15, 0.2) is 24.8 Å². The third kappa shape index (κ3) is 9.14. The van der Waals surface area contributed by atoms with Crippen LogP contribution in [-0.2, 0) is 9.59 Å². The van der Waals surface area contributed by atoms with Gasteiger partial charge in [0.25, 0.3) is 11.8 Å². The van der Waals surface area contributed by atoms with Gasteiger partial charge in [-0.3, -0.25) is 19.2 Å². The van der Waals surface area contributed by atoms with E-state index in [1.165, 1.54) is 13.8 Å². The molecule has 0 radical (unpaired) electrons. The third-order valence-electron chi connectivity index (χ3n) is 4.77. The van der Waals surface area contributed by atoms with Gasteiger partial charge in [-0.15, -0.1) is 0 Å². The van der Waals surface area contributed by atoms with Crippen LogP contribution in [0.4, 0.5) is 0 Å². The zero-order chi connectivity index (χ0) is 24.2. The van der Waals surface area contributed by atoms with Gasteiger partial charge in [-0.2, -0.15) is 0 Å². The van der Waals surface area contributed by atoms with Crippen molar-refractivity contribution in [2.75, 3.05) is 19.8 Å². The van der Waals surface area contributed by atoms with Crippen molar-refractivity contribution < 1.29 is 28.7 Å². The number of amides is 2. The maximum Gasteiger partial charge on any atom is 0.258 e. The van der Waals surface area contributed by atoms with Crippen molar-refractivity contribution >= 4 is 23.4 Å². The molecule has 8 nitrogen and oxygen atoms in total. The molecule has 0 aromatic heterocycles. The minimum atomic E-state index is -0.337. The summed E-state index contributed by atoms with van der Waals surface area (Å²) in [6.45, 7) is 4.74. The molecular weight excluding hydrogens is 424 g/mol. The smallest absolute Gasteiger partial charge is 0.258 e. The number of nitrogens with one attached hydrogen (secondary N) is 2. The van der Waals surface area contributed by atoms with Crippen molar-refractivity contribution in [3.63, 3.8) is 0 Å². The largest absolute Gasteiger partial charge is 0.484 e. The molecule has 2 N–H and O–H groups in total. The number of carbonyl (C=O) groups excluding carboxylic acids is 4. The minimum absolute atomic E-state index is 0.0841. The quantitative estimate of drug-likeness (QED) is 0.450. The maximum atomic E-state index is 12.3. The molecule has 2 aromatic carbocycles. The lowest BCUT2D eigenvalue weighted by Gasteiger charge is -2.19. The Morgan fingerprint density at radius 1 is 0.818 bits per heavy atom. The van der Waals surface area contributed by atoms with Crippen molar-refractivity contribution in [1.29, 1.82) is 0 Å². The van der Waals surface area contributed by atoms with E-state index in [0.717, 1.165) is 6.42 Å². The predicted octanol–water partition coefficient (Wildman–Crippen LogP) is 2.95. The van der Waals surface area contributed by atoms with Gasteiger partial charge < -0.3 is 20.1 Å². The van der Waals surface area contributed by atoms with Gasteiger partial charge in [-0.25, -0.2) is 0 Å². The average Bonchev–Trinajstić information content (AvgIpc) is 2.80. The van der Waals surface area contributed by atoms with Crippen molar-refractivity contribution in [3.05, 3.63) is 59.7 Å². The molecule has 0 saturated carbocycles. The lowest BCUT2D eigenvalue weighted by atomic mass is 10.1. The molecule has 0 spiro atoms. The second-order valence-corrected chi connectivity index (χ2v) is 7.60. The number of hydrogen-bond donors (Lipinski definition) is 2. The third-order valence-corrected chi connectivity index (χ3v) is 4.77. The number of ether oxygens (including phenoxy) is 2. The number of rotatable bonds is 13. The van der Waals surface area contributed by atoms with Crippen LogP contribution in [0, 0.1) is 0 Å². The molecular formula is C25H30N2O6. The molecule has 0 saturated heterocycles. The summed E-state index contributed by atoms with van der Waals surface area (Å²) in [6.07, 6.45) is 1.49. The molecule has 8 heteroatoms. The summed E-state index contributed by atoms with van der Waals surface area (Å²) in [5, 5.41) is 5.60. The van der Waals surface area contributed by atoms with Crippen molar-refractivity contribution in [1.82, 2.24) is 10.6 Å². The number of ketones is 2. The van der Waals surface area contributed by atoms with Gasteiger partial charge in [0, 0.05) is 23.7 Å². The molecule has 1 atom stereocenters. The molecule has 2 amide bonds. The Hall–Kier alpha value is -3.68. The standard InChI is InChI=1S/C25H30N2O6/c1-4-7-21(27-25(31)16-33-23-11-6-9-20(13-23)18(3)29)14-26-24(30)15-32-22-10-5-8-19(12-22)17(2)28/h5-6,8-13,21H,4,7,14-16H2,1-3H3,(H,26,30)(H,27,31). The topological polar surface area (TPSA) is 111 Å². The van der Waals surface area contributed by atoms with Gasteiger partial charge in [-0.05, 0) is 44.5 Å². The lowest BCUT2D eigenvalue weighted by molar-refractivity contribution is -0.125. The SMILES string of the molecule is CCCC(CNC(=O)COc1cccc(C(C)=O)c1)NC(=O)COc1cccc(C(C)=O)c1. The van der Waals surface area contributed by atoms with E-state index in [4.69, 9.17) is 9.47 Å². The minimum Gasteiger partial charge on any atom is -0.484 e. The Morgan fingerprint density at radius 2 is 1.33 bits per heavy atom. The van der Waals surface area contributed by atoms with Crippen LogP contribution < -0.4 is 20.1 Å². The molecule has 2 rings (SSSR count). The van der Waals surface area contributed by atoms with Gasteiger partial charge in [0.05, 0.1) is 0 Å². The van der Waals surface area contributed by atoms with Crippen LogP contribution in [0.1, 0.15) is 54.3 Å². The Kier molecular flexibility index (Phi) is 10.1. The second kappa shape index (κ2) is 13.0. The van der Waals surface area contributed by atoms with Crippen LogP contribution in [0.15, 0.2) is 48.5 Å².